The van der Waals surface area contributed by atoms with Gasteiger partial charge in [-0.15, -0.1) is 0 Å². The highest BCUT2D eigenvalue weighted by Gasteiger charge is 2.10. The van der Waals surface area contributed by atoms with Crippen molar-refractivity contribution in [3.8, 4) is 5.75 Å². The molecule has 0 saturated carbocycles. The third-order valence-corrected chi connectivity index (χ3v) is 5.19. The molecule has 8 heteroatoms. The lowest BCUT2D eigenvalue weighted by Gasteiger charge is -2.09. The van der Waals surface area contributed by atoms with E-state index in [-0.39, 0.29) is 6.61 Å². The molecule has 4 rings (SSSR count). The average molecular weight is 463 g/mol. The summed E-state index contributed by atoms with van der Waals surface area (Å²) in [5.41, 5.74) is 7.21. The van der Waals surface area contributed by atoms with Gasteiger partial charge in [-0.05, 0) is 66.6 Å². The lowest BCUT2D eigenvalue weighted by molar-refractivity contribution is 0.0846. The number of nitrogens with one attached hydrogen (secondary N) is 2. The van der Waals surface area contributed by atoms with E-state index in [1.807, 2.05) is 13.0 Å². The SMILES string of the molecule is Cc1cc(=O)oc2cc(OCc3ccc(C(=O)NNC(=O)c4ccc(Cl)cc4)cc3)ccc12. The number of ether oxygens (including phenoxy) is 1. The van der Waals surface area contributed by atoms with Crippen LogP contribution in [-0.2, 0) is 6.61 Å². The number of amides is 2. The zero-order chi connectivity index (χ0) is 23.4. The van der Waals surface area contributed by atoms with Gasteiger partial charge in [0.05, 0.1) is 0 Å². The normalized spacial score (nSPS) is 10.6. The van der Waals surface area contributed by atoms with Gasteiger partial charge in [-0.3, -0.25) is 20.4 Å². The first-order valence-corrected chi connectivity index (χ1v) is 10.4. The van der Waals surface area contributed by atoms with Gasteiger partial charge in [-0.1, -0.05) is 23.7 Å². The van der Waals surface area contributed by atoms with Gasteiger partial charge in [0, 0.05) is 33.7 Å². The van der Waals surface area contributed by atoms with Crippen molar-refractivity contribution in [2.75, 3.05) is 0 Å². The van der Waals surface area contributed by atoms with Gasteiger partial charge in [-0.25, -0.2) is 4.79 Å². The van der Waals surface area contributed by atoms with Crippen molar-refractivity contribution in [2.24, 2.45) is 0 Å². The van der Waals surface area contributed by atoms with E-state index in [0.717, 1.165) is 16.5 Å². The summed E-state index contributed by atoms with van der Waals surface area (Å²) in [5.74, 6) is -0.348. The second-order valence-corrected chi connectivity index (χ2v) is 7.74. The fourth-order valence-corrected chi connectivity index (χ4v) is 3.30. The van der Waals surface area contributed by atoms with E-state index < -0.39 is 17.4 Å². The molecule has 0 aliphatic carbocycles. The largest absolute Gasteiger partial charge is 0.489 e. The van der Waals surface area contributed by atoms with Gasteiger partial charge in [0.25, 0.3) is 11.8 Å². The monoisotopic (exact) mass is 462 g/mol. The lowest BCUT2D eigenvalue weighted by Crippen LogP contribution is -2.41. The second kappa shape index (κ2) is 9.58. The summed E-state index contributed by atoms with van der Waals surface area (Å²) in [5, 5.41) is 1.36. The van der Waals surface area contributed by atoms with Crippen molar-refractivity contribution in [1.82, 2.24) is 10.9 Å². The van der Waals surface area contributed by atoms with Crippen LogP contribution in [0, 0.1) is 6.92 Å². The van der Waals surface area contributed by atoms with Crippen LogP contribution in [0.2, 0.25) is 5.02 Å². The minimum Gasteiger partial charge on any atom is -0.489 e. The minimum atomic E-state index is -0.454. The fraction of sp³-hybridized carbons (Fsp3) is 0.0800. The molecular formula is C25H19ClN2O5. The predicted octanol–water partition coefficient (Wildman–Crippen LogP) is 4.41. The van der Waals surface area contributed by atoms with E-state index >= 15 is 0 Å². The number of hydrogen-bond donors (Lipinski definition) is 2. The van der Waals surface area contributed by atoms with Crippen LogP contribution in [-0.4, -0.2) is 11.8 Å². The van der Waals surface area contributed by atoms with Crippen molar-refractivity contribution in [3.05, 3.63) is 110 Å². The van der Waals surface area contributed by atoms with Crippen molar-refractivity contribution < 1.29 is 18.7 Å². The molecule has 1 aromatic heterocycles. The second-order valence-electron chi connectivity index (χ2n) is 7.31. The third-order valence-electron chi connectivity index (χ3n) is 4.94. The maximum absolute atomic E-state index is 12.3. The van der Waals surface area contributed by atoms with E-state index in [1.165, 1.54) is 6.07 Å². The van der Waals surface area contributed by atoms with Gasteiger partial charge in [-0.2, -0.15) is 0 Å². The molecule has 2 N–H and O–H groups in total. The third kappa shape index (κ3) is 5.39. The summed E-state index contributed by atoms with van der Waals surface area (Å²) >= 11 is 5.80. The van der Waals surface area contributed by atoms with Gasteiger partial charge in [0.1, 0.15) is 17.9 Å². The molecule has 0 aliphatic rings. The first-order chi connectivity index (χ1) is 15.9. The molecule has 1 heterocycles. The van der Waals surface area contributed by atoms with Gasteiger partial charge in [0.2, 0.25) is 0 Å². The summed E-state index contributed by atoms with van der Waals surface area (Å²) in [6, 6.07) is 19.8. The van der Waals surface area contributed by atoms with E-state index in [2.05, 4.69) is 10.9 Å². The molecule has 0 unspecified atom stereocenters. The molecular weight excluding hydrogens is 444 g/mol. The van der Waals surface area contributed by atoms with E-state index in [4.69, 9.17) is 20.8 Å². The molecule has 0 bridgehead atoms. The highest BCUT2D eigenvalue weighted by Crippen LogP contribution is 2.23. The van der Waals surface area contributed by atoms with Gasteiger partial charge in [0.15, 0.2) is 0 Å². The van der Waals surface area contributed by atoms with Gasteiger partial charge >= 0.3 is 5.63 Å². The van der Waals surface area contributed by atoms with Crippen molar-refractivity contribution in [2.45, 2.75) is 13.5 Å². The molecule has 166 valence electrons. The molecule has 0 atom stereocenters. The Morgan fingerprint density at radius 2 is 1.48 bits per heavy atom. The zero-order valence-electron chi connectivity index (χ0n) is 17.6. The van der Waals surface area contributed by atoms with Crippen LogP contribution in [0.1, 0.15) is 31.8 Å². The maximum atomic E-state index is 12.3. The molecule has 0 radical (unpaired) electrons. The van der Waals surface area contributed by atoms with E-state index in [0.29, 0.717) is 27.5 Å². The Kier molecular flexibility index (Phi) is 6.42. The zero-order valence-corrected chi connectivity index (χ0v) is 18.3. The molecule has 3 aromatic carbocycles. The van der Waals surface area contributed by atoms with Crippen LogP contribution in [0.4, 0.5) is 0 Å². The quantitative estimate of drug-likeness (QED) is 0.338. The standard InChI is InChI=1S/C25H19ClN2O5/c1-15-12-23(29)33-22-13-20(10-11-21(15)22)32-14-16-2-4-17(5-3-16)24(30)27-28-25(31)18-6-8-19(26)9-7-18/h2-13H,14H2,1H3,(H,27,30)(H,28,31). The Bertz CT molecular complexity index is 1380. The van der Waals surface area contributed by atoms with E-state index in [9.17, 15) is 14.4 Å². The lowest BCUT2D eigenvalue weighted by atomic mass is 10.1. The summed E-state index contributed by atoms with van der Waals surface area (Å²) in [6.45, 7) is 2.11. The van der Waals surface area contributed by atoms with Crippen molar-refractivity contribution in [3.63, 3.8) is 0 Å². The fourth-order valence-electron chi connectivity index (χ4n) is 3.17. The number of fused-ring (bicyclic) bond motifs is 1. The Balaban J connectivity index is 1.33. The van der Waals surface area contributed by atoms with Crippen LogP contribution >= 0.6 is 11.6 Å². The maximum Gasteiger partial charge on any atom is 0.336 e. The molecule has 33 heavy (non-hydrogen) atoms. The number of halogens is 1. The average Bonchev–Trinajstić information content (AvgIpc) is 2.81. The molecule has 2 amide bonds. The van der Waals surface area contributed by atoms with Crippen LogP contribution in [0.3, 0.4) is 0 Å². The van der Waals surface area contributed by atoms with Crippen LogP contribution < -0.4 is 21.2 Å². The van der Waals surface area contributed by atoms with Crippen LogP contribution in [0.15, 0.2) is 82.0 Å². The summed E-state index contributed by atoms with van der Waals surface area (Å²) in [6.07, 6.45) is 0. The highest BCUT2D eigenvalue weighted by molar-refractivity contribution is 6.30. The predicted molar refractivity (Wildman–Crippen MR) is 124 cm³/mol. The minimum absolute atomic E-state index is 0.261. The van der Waals surface area contributed by atoms with Crippen molar-refractivity contribution in [1.29, 1.82) is 0 Å². The molecule has 0 aliphatic heterocycles. The van der Waals surface area contributed by atoms with Crippen LogP contribution in [0.5, 0.6) is 5.75 Å². The highest BCUT2D eigenvalue weighted by atomic mass is 35.5. The Morgan fingerprint density at radius 1 is 0.879 bits per heavy atom. The summed E-state index contributed by atoms with van der Waals surface area (Å²) < 4.78 is 11.0. The number of carbonyl (C=O) groups is 2. The molecule has 0 saturated heterocycles. The van der Waals surface area contributed by atoms with Crippen LogP contribution in [0.25, 0.3) is 11.0 Å². The molecule has 4 aromatic rings. The summed E-state index contributed by atoms with van der Waals surface area (Å²) in [7, 11) is 0. The number of hydrogen-bond acceptors (Lipinski definition) is 5. The first kappa shape index (κ1) is 22.1. The van der Waals surface area contributed by atoms with Crippen molar-refractivity contribution >= 4 is 34.4 Å². The first-order valence-electron chi connectivity index (χ1n) is 10.0. The Labute approximate surface area is 193 Å². The molecule has 7 nitrogen and oxygen atoms in total. The summed E-state index contributed by atoms with van der Waals surface area (Å²) in [4.78, 5) is 35.9. The topological polar surface area (TPSA) is 97.6 Å². The molecule has 0 spiro atoms. The smallest absolute Gasteiger partial charge is 0.336 e. The number of benzene rings is 3. The van der Waals surface area contributed by atoms with Gasteiger partial charge < -0.3 is 9.15 Å². The number of hydrazine groups is 1. The molecule has 0 fully saturated rings. The Hall–Kier alpha value is -4.10. The number of aryl methyl sites for hydroxylation is 1. The number of rotatable bonds is 5. The Morgan fingerprint density at radius 3 is 2.12 bits per heavy atom. The number of carbonyl (C=O) groups excluding carboxylic acids is 2. The van der Waals surface area contributed by atoms with E-state index in [1.54, 1.807) is 60.7 Å².